The number of rotatable bonds is 5. The van der Waals surface area contributed by atoms with E-state index in [4.69, 9.17) is 19.7 Å². The summed E-state index contributed by atoms with van der Waals surface area (Å²) in [5.74, 6) is 3.25. The van der Waals surface area contributed by atoms with Gasteiger partial charge in [0.15, 0.2) is 5.82 Å². The minimum Gasteiger partial charge on any atom is -0.458 e. The van der Waals surface area contributed by atoms with Gasteiger partial charge in [-0.3, -0.25) is 9.13 Å². The quantitative estimate of drug-likeness (QED) is 0.165. The molecule has 0 fully saturated rings. The van der Waals surface area contributed by atoms with Gasteiger partial charge in [0.1, 0.15) is 11.5 Å². The number of nitrogens with zero attached hydrogens (tertiary/aromatic N) is 5. The first kappa shape index (κ1) is 32.5. The summed E-state index contributed by atoms with van der Waals surface area (Å²) in [6.07, 6.45) is 0. The Morgan fingerprint density at radius 3 is 1.41 bits per heavy atom. The highest BCUT2D eigenvalue weighted by atomic mass is 16.5. The Labute approximate surface area is 334 Å². The number of hydrogen-bond acceptors (Lipinski definition) is 4. The van der Waals surface area contributed by atoms with Gasteiger partial charge in [0.25, 0.3) is 6.71 Å². The molecule has 12 rings (SSSR count). The fraction of sp³-hybridized carbons (Fsp3) is 0. The second-order valence-corrected chi connectivity index (χ2v) is 14.8. The Kier molecular flexibility index (Phi) is 7.22. The molecule has 0 bridgehead atoms. The van der Waals surface area contributed by atoms with Crippen molar-refractivity contribution in [3.8, 4) is 45.9 Å². The number of aromatic nitrogens is 5. The summed E-state index contributed by atoms with van der Waals surface area (Å²) in [5.41, 5.74) is 10.8. The molecule has 0 unspecified atom stereocenters. The van der Waals surface area contributed by atoms with Crippen LogP contribution in [-0.2, 0) is 0 Å². The minimum atomic E-state index is -0.0508. The smallest absolute Gasteiger partial charge is 0.251 e. The molecule has 4 heterocycles. The van der Waals surface area contributed by atoms with Crippen LogP contribution < -0.4 is 21.1 Å². The van der Waals surface area contributed by atoms with Gasteiger partial charge in [0.2, 0.25) is 11.9 Å². The molecule has 11 aromatic rings. The van der Waals surface area contributed by atoms with E-state index in [1.54, 1.807) is 0 Å². The molecule has 0 N–H and O–H groups in total. The number of hydrogen-bond donors (Lipinski definition) is 0. The van der Waals surface area contributed by atoms with Crippen molar-refractivity contribution in [2.75, 3.05) is 0 Å². The topological polar surface area (TPSA) is 57.8 Å². The maximum absolute atomic E-state index is 6.79. The second kappa shape index (κ2) is 12.9. The summed E-state index contributed by atoms with van der Waals surface area (Å²) in [4.78, 5) is 15.9. The van der Waals surface area contributed by atoms with Crippen molar-refractivity contribution in [1.82, 2.24) is 24.1 Å². The van der Waals surface area contributed by atoms with Crippen molar-refractivity contribution in [1.29, 1.82) is 0 Å². The predicted octanol–water partition coefficient (Wildman–Crippen LogP) is 10.0. The predicted molar refractivity (Wildman–Crippen MR) is 237 cm³/mol. The lowest BCUT2D eigenvalue weighted by Crippen LogP contribution is -2.55. The number of fused-ring (bicyclic) bond motifs is 8. The van der Waals surface area contributed by atoms with Crippen molar-refractivity contribution < 1.29 is 4.74 Å². The van der Waals surface area contributed by atoms with Crippen LogP contribution in [0.2, 0.25) is 0 Å². The van der Waals surface area contributed by atoms with E-state index in [1.807, 2.05) is 6.07 Å². The zero-order valence-electron chi connectivity index (χ0n) is 31.2. The van der Waals surface area contributed by atoms with E-state index in [9.17, 15) is 0 Å². The average molecular weight is 742 g/mol. The highest BCUT2D eigenvalue weighted by Gasteiger charge is 2.34. The lowest BCUT2D eigenvalue weighted by atomic mass is 9.35. The van der Waals surface area contributed by atoms with Crippen LogP contribution in [0.5, 0.6) is 11.5 Å². The molecule has 0 radical (unpaired) electrons. The van der Waals surface area contributed by atoms with Crippen LogP contribution in [0.15, 0.2) is 194 Å². The van der Waals surface area contributed by atoms with E-state index in [0.29, 0.717) is 17.7 Å². The highest BCUT2D eigenvalue weighted by molar-refractivity contribution is 6.97. The molecule has 58 heavy (non-hydrogen) atoms. The van der Waals surface area contributed by atoms with Gasteiger partial charge in [0, 0.05) is 27.1 Å². The van der Waals surface area contributed by atoms with E-state index in [-0.39, 0.29) is 6.71 Å². The van der Waals surface area contributed by atoms with Crippen molar-refractivity contribution in [2.24, 2.45) is 0 Å². The molecule has 1 aliphatic heterocycles. The van der Waals surface area contributed by atoms with Gasteiger partial charge in [0.05, 0.1) is 22.1 Å². The standard InChI is InChI=1S/C51H32BN5O/c1-2-16-33(17-3-1)35-18-4-9-23-40(35)52-41-24-10-15-29-47(41)58-48-32-34(30-31-42(48)52)49-53-50(56-43-25-11-5-19-36(43)37-20-6-12-26-44(37)56)55-51(54-49)57-45-27-13-7-21-38(45)39-22-8-14-28-46(39)57/h1-32H. The highest BCUT2D eigenvalue weighted by Crippen LogP contribution is 2.35. The number of ether oxygens (including phenoxy) is 1. The summed E-state index contributed by atoms with van der Waals surface area (Å²) in [6.45, 7) is -0.0508. The van der Waals surface area contributed by atoms with Gasteiger partial charge in [-0.25, -0.2) is 0 Å². The van der Waals surface area contributed by atoms with Crippen molar-refractivity contribution in [2.45, 2.75) is 0 Å². The Morgan fingerprint density at radius 2 is 0.828 bits per heavy atom. The fourth-order valence-corrected chi connectivity index (χ4v) is 9.02. The Bertz CT molecular complexity index is 3170. The first-order valence-corrected chi connectivity index (χ1v) is 19.6. The van der Waals surface area contributed by atoms with E-state index in [2.05, 4.69) is 197 Å². The first-order valence-electron chi connectivity index (χ1n) is 19.6. The Balaban J connectivity index is 1.10. The molecule has 0 amide bonds. The first-order chi connectivity index (χ1) is 28.8. The zero-order valence-corrected chi connectivity index (χ0v) is 31.2. The molecule has 0 aliphatic carbocycles. The maximum Gasteiger partial charge on any atom is 0.251 e. The summed E-state index contributed by atoms with van der Waals surface area (Å²) in [6, 6.07) is 67.9. The van der Waals surface area contributed by atoms with Crippen LogP contribution >= 0.6 is 0 Å². The van der Waals surface area contributed by atoms with Crippen molar-refractivity contribution in [3.05, 3.63) is 194 Å². The maximum atomic E-state index is 6.79. The summed E-state index contributed by atoms with van der Waals surface area (Å²) in [7, 11) is 0. The zero-order chi connectivity index (χ0) is 38.2. The normalized spacial score (nSPS) is 12.2. The molecule has 0 spiro atoms. The van der Waals surface area contributed by atoms with Crippen molar-refractivity contribution in [3.63, 3.8) is 0 Å². The van der Waals surface area contributed by atoms with Gasteiger partial charge in [-0.05, 0) is 58.5 Å². The lowest BCUT2D eigenvalue weighted by Gasteiger charge is -2.28. The van der Waals surface area contributed by atoms with E-state index >= 15 is 0 Å². The monoisotopic (exact) mass is 741 g/mol. The molecule has 0 saturated carbocycles. The van der Waals surface area contributed by atoms with E-state index in [0.717, 1.165) is 71.6 Å². The summed E-state index contributed by atoms with van der Waals surface area (Å²) < 4.78 is 11.1. The number of benzene rings is 8. The molecule has 0 atom stereocenters. The molecular formula is C51H32BN5O. The van der Waals surface area contributed by atoms with Gasteiger partial charge in [-0.1, -0.05) is 163 Å². The minimum absolute atomic E-state index is 0.0508. The van der Waals surface area contributed by atoms with Crippen LogP contribution in [0.1, 0.15) is 0 Å². The summed E-state index contributed by atoms with van der Waals surface area (Å²) in [5, 5.41) is 4.56. The van der Waals surface area contributed by atoms with Crippen LogP contribution in [-0.4, -0.2) is 30.8 Å². The molecular weight excluding hydrogens is 709 g/mol. The third-order valence-corrected chi connectivity index (χ3v) is 11.6. The van der Waals surface area contributed by atoms with Gasteiger partial charge < -0.3 is 4.74 Å². The van der Waals surface area contributed by atoms with Gasteiger partial charge >= 0.3 is 0 Å². The van der Waals surface area contributed by atoms with Gasteiger partial charge in [-0.2, -0.15) is 15.0 Å². The third kappa shape index (κ3) is 4.96. The molecule has 1 aliphatic rings. The lowest BCUT2D eigenvalue weighted by molar-refractivity contribution is 0.487. The number of para-hydroxylation sites is 5. The summed E-state index contributed by atoms with van der Waals surface area (Å²) >= 11 is 0. The van der Waals surface area contributed by atoms with Crippen molar-refractivity contribution >= 4 is 66.7 Å². The Hall–Kier alpha value is -7.77. The molecule has 7 heteroatoms. The molecule has 0 saturated heterocycles. The molecule has 270 valence electrons. The van der Waals surface area contributed by atoms with Crippen LogP contribution in [0.25, 0.3) is 78.0 Å². The second-order valence-electron chi connectivity index (χ2n) is 14.8. The molecule has 6 nitrogen and oxygen atoms in total. The SMILES string of the molecule is c1ccc(-c2ccccc2B2c3ccccc3Oc3cc(-c4nc(-n5c6ccccc6c6ccccc65)nc(-n5c6ccccc6c6ccccc65)n4)ccc32)cc1. The average Bonchev–Trinajstić information content (AvgIpc) is 3.81. The largest absolute Gasteiger partial charge is 0.458 e. The Morgan fingerprint density at radius 1 is 0.362 bits per heavy atom. The van der Waals surface area contributed by atoms with Crippen LogP contribution in [0, 0.1) is 0 Å². The van der Waals surface area contributed by atoms with Gasteiger partial charge in [-0.15, -0.1) is 0 Å². The van der Waals surface area contributed by atoms with Crippen LogP contribution in [0.3, 0.4) is 0 Å². The molecule has 8 aromatic carbocycles. The van der Waals surface area contributed by atoms with E-state index in [1.165, 1.54) is 16.6 Å². The molecule has 3 aromatic heterocycles. The third-order valence-electron chi connectivity index (χ3n) is 11.6. The van der Waals surface area contributed by atoms with E-state index < -0.39 is 0 Å². The fourth-order valence-electron chi connectivity index (χ4n) is 9.02. The van der Waals surface area contributed by atoms with Crippen LogP contribution in [0.4, 0.5) is 0 Å².